The highest BCUT2D eigenvalue weighted by Gasteiger charge is 2.59. The van der Waals surface area contributed by atoms with E-state index in [0.717, 1.165) is 82.3 Å². The van der Waals surface area contributed by atoms with Crippen LogP contribution in [0.1, 0.15) is 60.3 Å². The summed E-state index contributed by atoms with van der Waals surface area (Å²) in [6, 6.07) is 4.16. The van der Waals surface area contributed by atoms with Gasteiger partial charge in [0, 0.05) is 50.6 Å². The summed E-state index contributed by atoms with van der Waals surface area (Å²) in [6.07, 6.45) is 12.4. The Morgan fingerprint density at radius 3 is 2.60 bits per heavy atom. The van der Waals surface area contributed by atoms with Gasteiger partial charge < -0.3 is 15.5 Å². The first kappa shape index (κ1) is 29.2. The van der Waals surface area contributed by atoms with Crippen molar-refractivity contribution in [2.75, 3.05) is 61.3 Å². The van der Waals surface area contributed by atoms with Gasteiger partial charge in [0.15, 0.2) is 17.4 Å². The number of aromatic nitrogens is 1. The SMILES string of the molecule is CCNc1ccc(NCC)c(N2CCN(CC(=O)[C@H]3[C@H](C)C[C@H]4[C@@H]5CCC6=CC(=O)C=C[C@]6(C)C5=CC[C@@]43C)CC2)n1. The maximum absolute atomic E-state index is 14.1. The van der Waals surface area contributed by atoms with Gasteiger partial charge in [-0.15, -0.1) is 0 Å². The number of Topliss-reactive ketones (excluding diaryl/α,β-unsaturated/α-hetero) is 1. The van der Waals surface area contributed by atoms with Crippen LogP contribution < -0.4 is 15.5 Å². The van der Waals surface area contributed by atoms with Crippen LogP contribution in [0.5, 0.6) is 0 Å². The quantitative estimate of drug-likeness (QED) is 0.386. The number of fused-ring (bicyclic) bond motifs is 5. The number of carbonyl (C=O) groups is 2. The summed E-state index contributed by atoms with van der Waals surface area (Å²) in [6.45, 7) is 17.0. The van der Waals surface area contributed by atoms with Crippen molar-refractivity contribution >= 4 is 28.9 Å². The molecule has 1 aromatic rings. The highest BCUT2D eigenvalue weighted by Crippen LogP contribution is 2.65. The summed E-state index contributed by atoms with van der Waals surface area (Å²) in [4.78, 5) is 35.9. The van der Waals surface area contributed by atoms with E-state index in [2.05, 4.69) is 73.3 Å². The second kappa shape index (κ2) is 11.3. The van der Waals surface area contributed by atoms with Gasteiger partial charge in [0.2, 0.25) is 0 Å². The molecule has 0 aromatic carbocycles. The van der Waals surface area contributed by atoms with Crippen LogP contribution in [0.25, 0.3) is 0 Å². The topological polar surface area (TPSA) is 77.6 Å². The van der Waals surface area contributed by atoms with E-state index in [-0.39, 0.29) is 22.5 Å². The largest absolute Gasteiger partial charge is 0.382 e. The van der Waals surface area contributed by atoms with Crippen molar-refractivity contribution < 1.29 is 9.59 Å². The summed E-state index contributed by atoms with van der Waals surface area (Å²) in [5, 5.41) is 6.82. The third-order valence-corrected chi connectivity index (χ3v) is 11.3. The van der Waals surface area contributed by atoms with Crippen molar-refractivity contribution in [3.63, 3.8) is 0 Å². The summed E-state index contributed by atoms with van der Waals surface area (Å²) < 4.78 is 0. The second-order valence-electron chi connectivity index (χ2n) is 13.8. The van der Waals surface area contributed by atoms with Gasteiger partial charge in [0.1, 0.15) is 5.82 Å². The monoisotopic (exact) mass is 571 g/mol. The lowest BCUT2D eigenvalue weighted by Gasteiger charge is -2.52. The molecule has 0 bridgehead atoms. The van der Waals surface area contributed by atoms with E-state index < -0.39 is 0 Å². The summed E-state index contributed by atoms with van der Waals surface area (Å²) in [5.41, 5.74) is 3.74. The van der Waals surface area contributed by atoms with Crippen LogP contribution >= 0.6 is 0 Å². The Morgan fingerprint density at radius 1 is 1.10 bits per heavy atom. The number of rotatable bonds is 8. The minimum atomic E-state index is -0.128. The van der Waals surface area contributed by atoms with Gasteiger partial charge in [-0.25, -0.2) is 4.98 Å². The number of hydrogen-bond donors (Lipinski definition) is 2. The second-order valence-corrected chi connectivity index (χ2v) is 13.8. The molecule has 2 heterocycles. The van der Waals surface area contributed by atoms with Crippen molar-refractivity contribution in [2.24, 2.45) is 34.5 Å². The number of anilines is 3. The van der Waals surface area contributed by atoms with Gasteiger partial charge in [0.05, 0.1) is 12.2 Å². The number of carbonyl (C=O) groups excluding carboxylic acids is 2. The fourth-order valence-electron chi connectivity index (χ4n) is 9.31. The molecule has 7 nitrogen and oxygen atoms in total. The fourth-order valence-corrected chi connectivity index (χ4v) is 9.31. The van der Waals surface area contributed by atoms with E-state index in [4.69, 9.17) is 4.98 Å². The van der Waals surface area contributed by atoms with Crippen molar-refractivity contribution in [1.29, 1.82) is 0 Å². The summed E-state index contributed by atoms with van der Waals surface area (Å²) in [5.74, 6) is 4.00. The number of piperazine rings is 1. The Labute approximate surface area is 251 Å². The third-order valence-electron chi connectivity index (χ3n) is 11.3. The van der Waals surface area contributed by atoms with E-state index in [9.17, 15) is 9.59 Å². The van der Waals surface area contributed by atoms with Crippen LogP contribution in [-0.2, 0) is 9.59 Å². The molecule has 0 unspecified atom stereocenters. The fraction of sp³-hybridized carbons (Fsp3) is 0.629. The molecular weight excluding hydrogens is 522 g/mol. The molecule has 3 fully saturated rings. The van der Waals surface area contributed by atoms with Crippen LogP contribution in [0.15, 0.2) is 47.6 Å². The molecule has 2 saturated carbocycles. The molecule has 0 spiro atoms. The zero-order valence-corrected chi connectivity index (χ0v) is 26.2. The van der Waals surface area contributed by atoms with Crippen LogP contribution in [0.4, 0.5) is 17.3 Å². The molecule has 42 heavy (non-hydrogen) atoms. The van der Waals surface area contributed by atoms with Crippen LogP contribution in [0, 0.1) is 34.5 Å². The average Bonchev–Trinajstić information content (AvgIpc) is 3.25. The van der Waals surface area contributed by atoms with Gasteiger partial charge in [-0.3, -0.25) is 14.5 Å². The molecule has 7 heteroatoms. The molecule has 5 aliphatic rings. The predicted molar refractivity (Wildman–Crippen MR) is 171 cm³/mol. The van der Waals surface area contributed by atoms with Gasteiger partial charge >= 0.3 is 0 Å². The molecule has 0 amide bonds. The minimum Gasteiger partial charge on any atom is -0.382 e. The molecule has 6 atom stereocenters. The standard InChI is InChI=1S/C35H49N5O2/c1-6-36-29-10-11-31(37-7-2)38-33(29)40-18-16-39(17-19-40)22-30(42)32-23(3)20-28-26-9-8-24-21-25(41)12-14-34(24,4)27(26)13-15-35(28,32)5/h10-14,21,23,26,28,32,36H,6-9,15-20,22H2,1-5H3,(H,37,38)/t23-,26-,28+,32-,34+,35+/m1/s1. The first-order valence-corrected chi connectivity index (χ1v) is 16.3. The van der Waals surface area contributed by atoms with Gasteiger partial charge in [-0.1, -0.05) is 37.1 Å². The van der Waals surface area contributed by atoms with Gasteiger partial charge in [-0.05, 0) is 93.9 Å². The zero-order chi connectivity index (χ0) is 29.6. The van der Waals surface area contributed by atoms with E-state index in [1.165, 1.54) is 11.1 Å². The highest BCUT2D eigenvalue weighted by atomic mass is 16.1. The van der Waals surface area contributed by atoms with Crippen LogP contribution in [0.2, 0.25) is 0 Å². The molecule has 2 N–H and O–H groups in total. The molecule has 1 aliphatic heterocycles. The normalized spacial score (nSPS) is 34.2. The molecule has 6 rings (SSSR count). The van der Waals surface area contributed by atoms with E-state index in [0.29, 0.717) is 30.1 Å². The van der Waals surface area contributed by atoms with Crippen LogP contribution in [-0.4, -0.2) is 67.3 Å². The maximum atomic E-state index is 14.1. The molecule has 1 saturated heterocycles. The van der Waals surface area contributed by atoms with Crippen molar-refractivity contribution in [2.45, 2.75) is 60.3 Å². The average molecular weight is 572 g/mol. The lowest BCUT2D eigenvalue weighted by molar-refractivity contribution is -0.129. The Balaban J connectivity index is 1.14. The van der Waals surface area contributed by atoms with Crippen molar-refractivity contribution in [1.82, 2.24) is 9.88 Å². The van der Waals surface area contributed by atoms with Crippen molar-refractivity contribution in [3.05, 3.63) is 47.6 Å². The Hall–Kier alpha value is -2.93. The zero-order valence-electron chi connectivity index (χ0n) is 26.2. The smallest absolute Gasteiger partial charge is 0.178 e. The van der Waals surface area contributed by atoms with Gasteiger partial charge in [-0.2, -0.15) is 0 Å². The Kier molecular flexibility index (Phi) is 7.84. The minimum absolute atomic E-state index is 0.00955. The summed E-state index contributed by atoms with van der Waals surface area (Å²) in [7, 11) is 0. The number of pyridine rings is 1. The number of hydrogen-bond acceptors (Lipinski definition) is 7. The first-order valence-electron chi connectivity index (χ1n) is 16.3. The van der Waals surface area contributed by atoms with Crippen LogP contribution in [0.3, 0.4) is 0 Å². The molecule has 4 aliphatic carbocycles. The van der Waals surface area contributed by atoms with E-state index >= 15 is 0 Å². The summed E-state index contributed by atoms with van der Waals surface area (Å²) >= 11 is 0. The number of allylic oxidation sites excluding steroid dienone is 6. The number of ketones is 2. The number of nitrogens with zero attached hydrogens (tertiary/aromatic N) is 3. The maximum Gasteiger partial charge on any atom is 0.178 e. The number of nitrogens with one attached hydrogen (secondary N) is 2. The molecular formula is C35H49N5O2. The predicted octanol–water partition coefficient (Wildman–Crippen LogP) is 5.73. The van der Waals surface area contributed by atoms with E-state index in [1.54, 1.807) is 6.08 Å². The highest BCUT2D eigenvalue weighted by molar-refractivity contribution is 6.01. The Morgan fingerprint density at radius 2 is 1.86 bits per heavy atom. The van der Waals surface area contributed by atoms with Gasteiger partial charge in [0.25, 0.3) is 0 Å². The lowest BCUT2D eigenvalue weighted by atomic mass is 9.52. The third kappa shape index (κ3) is 4.91. The molecule has 0 radical (unpaired) electrons. The molecule has 226 valence electrons. The Bertz CT molecular complexity index is 1320. The molecule has 1 aromatic heterocycles. The van der Waals surface area contributed by atoms with Crippen molar-refractivity contribution in [3.8, 4) is 0 Å². The van der Waals surface area contributed by atoms with E-state index in [1.807, 2.05) is 12.1 Å². The first-order chi connectivity index (χ1) is 20.2. The lowest BCUT2D eigenvalue weighted by Crippen LogP contribution is -2.51.